The Morgan fingerprint density at radius 3 is 2.44 bits per heavy atom. The molecule has 0 radical (unpaired) electrons. The molecule has 0 amide bonds. The van der Waals surface area contributed by atoms with Gasteiger partial charge >= 0.3 is 5.97 Å². The first-order valence-corrected chi connectivity index (χ1v) is 6.84. The van der Waals surface area contributed by atoms with Crippen LogP contribution in [-0.2, 0) is 4.79 Å². The molecule has 1 rings (SSSR count). The number of hydrogen-bond donors (Lipinski definition) is 2. The van der Waals surface area contributed by atoms with Crippen LogP contribution in [0.1, 0.15) is 31.0 Å². The summed E-state index contributed by atoms with van der Waals surface area (Å²) in [6, 6.07) is 5.79. The van der Waals surface area contributed by atoms with Gasteiger partial charge in [0.25, 0.3) is 0 Å². The number of carboxylic acid groups (broad SMARTS) is 1. The normalized spacial score (nSPS) is 14.6. The van der Waals surface area contributed by atoms with Crippen LogP contribution in [0.4, 0.5) is 0 Å². The molecule has 0 saturated carbocycles. The lowest BCUT2D eigenvalue weighted by Crippen LogP contribution is -2.34. The number of hydrogen-bond acceptors (Lipinski definition) is 2. The summed E-state index contributed by atoms with van der Waals surface area (Å²) in [5, 5.41) is 12.6. The molecule has 0 aromatic heterocycles. The van der Waals surface area contributed by atoms with Crippen LogP contribution in [0.15, 0.2) is 22.7 Å². The summed E-state index contributed by atoms with van der Waals surface area (Å²) in [5.74, 6) is -1.13. The Labute approximate surface area is 117 Å². The van der Waals surface area contributed by atoms with E-state index in [0.29, 0.717) is 0 Å². The third-order valence-corrected chi connectivity index (χ3v) is 3.74. The van der Waals surface area contributed by atoms with Crippen LogP contribution in [0.2, 0.25) is 0 Å². The molecule has 0 aliphatic carbocycles. The molecular formula is C14H20BrNO2. The van der Waals surface area contributed by atoms with Crippen LogP contribution >= 0.6 is 15.9 Å². The van der Waals surface area contributed by atoms with Crippen molar-refractivity contribution < 1.29 is 9.90 Å². The first-order chi connectivity index (χ1) is 8.38. The predicted molar refractivity (Wildman–Crippen MR) is 76.6 cm³/mol. The second-order valence-electron chi connectivity index (χ2n) is 4.88. The number of rotatable bonds is 5. The largest absolute Gasteiger partial charge is 0.481 e. The molecule has 0 aliphatic rings. The van der Waals surface area contributed by atoms with Gasteiger partial charge in [-0.05, 0) is 43.1 Å². The Balaban J connectivity index is 3.23. The lowest BCUT2D eigenvalue weighted by molar-refractivity contribution is -0.144. The van der Waals surface area contributed by atoms with Crippen LogP contribution < -0.4 is 5.32 Å². The van der Waals surface area contributed by atoms with Gasteiger partial charge in [0.1, 0.15) is 0 Å². The minimum Gasteiger partial charge on any atom is -0.481 e. The predicted octanol–water partition coefficient (Wildman–Crippen LogP) is 3.37. The number of nitrogens with one attached hydrogen (secondary N) is 1. The van der Waals surface area contributed by atoms with E-state index in [1.54, 1.807) is 0 Å². The minimum atomic E-state index is -0.760. The van der Waals surface area contributed by atoms with Gasteiger partial charge < -0.3 is 10.4 Å². The second-order valence-corrected chi connectivity index (χ2v) is 5.79. The maximum atomic E-state index is 11.5. The van der Waals surface area contributed by atoms with E-state index in [0.717, 1.165) is 15.6 Å². The topological polar surface area (TPSA) is 49.3 Å². The van der Waals surface area contributed by atoms with E-state index >= 15 is 0 Å². The summed E-state index contributed by atoms with van der Waals surface area (Å²) in [4.78, 5) is 11.5. The molecule has 0 fully saturated rings. The standard InChI is InChI=1S/C14H20BrNO2/c1-8(2)12(14(17)18)13(16-4)11-7-10(15)6-5-9(11)3/h5-8,12-13,16H,1-4H3,(H,17,18). The molecule has 2 N–H and O–H groups in total. The third-order valence-electron chi connectivity index (χ3n) is 3.25. The van der Waals surface area contributed by atoms with Crippen molar-refractivity contribution in [1.82, 2.24) is 5.32 Å². The van der Waals surface area contributed by atoms with Crippen LogP contribution in [0.25, 0.3) is 0 Å². The van der Waals surface area contributed by atoms with Crippen LogP contribution in [0, 0.1) is 18.8 Å². The Morgan fingerprint density at radius 1 is 1.39 bits per heavy atom. The van der Waals surface area contributed by atoms with Crippen LogP contribution in [-0.4, -0.2) is 18.1 Å². The lowest BCUT2D eigenvalue weighted by atomic mass is 9.83. The van der Waals surface area contributed by atoms with Crippen molar-refractivity contribution in [2.75, 3.05) is 7.05 Å². The molecule has 0 saturated heterocycles. The summed E-state index contributed by atoms with van der Waals surface area (Å²) in [5.41, 5.74) is 2.14. The van der Waals surface area contributed by atoms with Gasteiger partial charge in [-0.2, -0.15) is 0 Å². The van der Waals surface area contributed by atoms with Crippen molar-refractivity contribution in [3.05, 3.63) is 33.8 Å². The van der Waals surface area contributed by atoms with Crippen molar-refractivity contribution >= 4 is 21.9 Å². The molecule has 100 valence electrons. The van der Waals surface area contributed by atoms with Gasteiger partial charge in [0, 0.05) is 10.5 Å². The number of benzene rings is 1. The van der Waals surface area contributed by atoms with Crippen LogP contribution in [0.5, 0.6) is 0 Å². The number of carbonyl (C=O) groups is 1. The molecule has 0 aliphatic heterocycles. The quantitative estimate of drug-likeness (QED) is 0.876. The molecule has 0 heterocycles. The highest BCUT2D eigenvalue weighted by molar-refractivity contribution is 9.10. The van der Waals surface area contributed by atoms with Gasteiger partial charge in [0.15, 0.2) is 0 Å². The van der Waals surface area contributed by atoms with Gasteiger partial charge in [-0.1, -0.05) is 35.8 Å². The summed E-state index contributed by atoms with van der Waals surface area (Å²) in [7, 11) is 1.81. The van der Waals surface area contributed by atoms with E-state index in [1.165, 1.54) is 0 Å². The highest BCUT2D eigenvalue weighted by Gasteiger charge is 2.31. The van der Waals surface area contributed by atoms with Gasteiger partial charge in [-0.3, -0.25) is 4.79 Å². The van der Waals surface area contributed by atoms with E-state index in [2.05, 4.69) is 21.2 Å². The highest BCUT2D eigenvalue weighted by atomic mass is 79.9. The number of halogens is 1. The van der Waals surface area contributed by atoms with Gasteiger partial charge in [0.2, 0.25) is 0 Å². The summed E-state index contributed by atoms with van der Waals surface area (Å²) in [6.07, 6.45) is 0. The fraction of sp³-hybridized carbons (Fsp3) is 0.500. The van der Waals surface area contributed by atoms with Crippen molar-refractivity contribution in [2.24, 2.45) is 11.8 Å². The first kappa shape index (κ1) is 15.2. The van der Waals surface area contributed by atoms with Crippen LogP contribution in [0.3, 0.4) is 0 Å². The molecule has 3 nitrogen and oxygen atoms in total. The van der Waals surface area contributed by atoms with Crippen molar-refractivity contribution in [1.29, 1.82) is 0 Å². The molecule has 2 atom stereocenters. The smallest absolute Gasteiger partial charge is 0.308 e. The molecule has 0 spiro atoms. The van der Waals surface area contributed by atoms with Crippen molar-refractivity contribution in [3.8, 4) is 0 Å². The SMILES string of the molecule is CNC(c1cc(Br)ccc1C)C(C(=O)O)C(C)C. The molecule has 18 heavy (non-hydrogen) atoms. The fourth-order valence-corrected chi connectivity index (χ4v) is 2.67. The van der Waals surface area contributed by atoms with E-state index in [1.807, 2.05) is 46.0 Å². The average molecular weight is 314 g/mol. The number of aryl methyl sites for hydroxylation is 1. The van der Waals surface area contributed by atoms with Gasteiger partial charge in [-0.15, -0.1) is 0 Å². The van der Waals surface area contributed by atoms with Crippen molar-refractivity contribution in [3.63, 3.8) is 0 Å². The Hall–Kier alpha value is -0.870. The number of carboxylic acids is 1. The molecule has 0 bridgehead atoms. The van der Waals surface area contributed by atoms with Gasteiger partial charge in [-0.25, -0.2) is 0 Å². The molecular weight excluding hydrogens is 294 g/mol. The Morgan fingerprint density at radius 2 is 2.00 bits per heavy atom. The Bertz CT molecular complexity index is 432. The highest BCUT2D eigenvalue weighted by Crippen LogP contribution is 2.31. The van der Waals surface area contributed by atoms with E-state index in [4.69, 9.17) is 0 Å². The van der Waals surface area contributed by atoms with Gasteiger partial charge in [0.05, 0.1) is 5.92 Å². The maximum absolute atomic E-state index is 11.5. The average Bonchev–Trinajstić information content (AvgIpc) is 2.28. The zero-order valence-corrected chi connectivity index (χ0v) is 12.8. The Kier molecular flexibility index (Phi) is 5.35. The first-order valence-electron chi connectivity index (χ1n) is 6.04. The lowest BCUT2D eigenvalue weighted by Gasteiger charge is -2.28. The molecule has 1 aromatic carbocycles. The maximum Gasteiger partial charge on any atom is 0.308 e. The van der Waals surface area contributed by atoms with Crippen molar-refractivity contribution in [2.45, 2.75) is 26.8 Å². The van der Waals surface area contributed by atoms with E-state index in [-0.39, 0.29) is 12.0 Å². The molecule has 1 aromatic rings. The monoisotopic (exact) mass is 313 g/mol. The van der Waals surface area contributed by atoms with E-state index in [9.17, 15) is 9.90 Å². The van der Waals surface area contributed by atoms with E-state index < -0.39 is 11.9 Å². The summed E-state index contributed by atoms with van der Waals surface area (Å²) >= 11 is 3.44. The summed E-state index contributed by atoms with van der Waals surface area (Å²) in [6.45, 7) is 5.89. The number of aliphatic carboxylic acids is 1. The minimum absolute atomic E-state index is 0.0679. The third kappa shape index (κ3) is 3.33. The zero-order chi connectivity index (χ0) is 13.9. The second kappa shape index (κ2) is 6.34. The molecule has 2 unspecified atom stereocenters. The fourth-order valence-electron chi connectivity index (χ4n) is 2.29. The zero-order valence-electron chi connectivity index (χ0n) is 11.2. The molecule has 4 heteroatoms. The summed E-state index contributed by atoms with van der Waals surface area (Å²) < 4.78 is 0.969.